The Morgan fingerprint density at radius 2 is 1.64 bits per heavy atom. The van der Waals surface area contributed by atoms with Crippen molar-refractivity contribution in [3.05, 3.63) is 0 Å². The number of rotatable bonds is 2. The Bertz CT molecular complexity index is 429. The fourth-order valence-corrected chi connectivity index (χ4v) is 4.03. The molecule has 0 atom stereocenters. The van der Waals surface area contributed by atoms with E-state index in [1.165, 1.54) is 25.7 Å². The van der Waals surface area contributed by atoms with Crippen LogP contribution in [-0.2, 0) is 4.79 Å². The normalized spacial score (nSPS) is 25.1. The Morgan fingerprint density at radius 1 is 1.05 bits per heavy atom. The van der Waals surface area contributed by atoms with Gasteiger partial charge in [-0.25, -0.2) is 4.79 Å². The largest absolute Gasteiger partial charge is 0.343 e. The molecule has 0 bridgehead atoms. The summed E-state index contributed by atoms with van der Waals surface area (Å²) in [5.41, 5.74) is 0.677. The van der Waals surface area contributed by atoms with Gasteiger partial charge in [-0.05, 0) is 56.8 Å². The summed E-state index contributed by atoms with van der Waals surface area (Å²) < 4.78 is 0. The molecule has 0 aromatic carbocycles. The van der Waals surface area contributed by atoms with Gasteiger partial charge >= 0.3 is 6.03 Å². The Morgan fingerprint density at radius 3 is 2.14 bits per heavy atom. The van der Waals surface area contributed by atoms with E-state index in [1.54, 1.807) is 6.92 Å². The van der Waals surface area contributed by atoms with E-state index >= 15 is 0 Å². The molecule has 2 saturated carbocycles. The number of hydrogen-bond donors (Lipinski definition) is 1. The summed E-state index contributed by atoms with van der Waals surface area (Å²) in [4.78, 5) is 27.5. The van der Waals surface area contributed by atoms with E-state index in [9.17, 15) is 9.59 Å². The van der Waals surface area contributed by atoms with Crippen LogP contribution in [0.3, 0.4) is 0 Å². The molecule has 0 aromatic heterocycles. The van der Waals surface area contributed by atoms with Crippen LogP contribution in [0.25, 0.3) is 0 Å². The number of urea groups is 1. The van der Waals surface area contributed by atoms with Gasteiger partial charge < -0.3 is 15.1 Å². The van der Waals surface area contributed by atoms with Crippen LogP contribution in [0.1, 0.15) is 58.3 Å². The highest BCUT2D eigenvalue weighted by atomic mass is 16.2. The molecule has 3 fully saturated rings. The standard InChI is InChI=1S/C17H29N3O2/c1-13(21)19(2)15-5-11-20(12-6-15)16(22)18-14-3-7-17(8-4-14)9-10-17/h14-15H,3-12H2,1-2H3,(H,18,22). The highest BCUT2D eigenvalue weighted by molar-refractivity contribution is 5.75. The third-order valence-corrected chi connectivity index (χ3v) is 6.13. The molecule has 5 nitrogen and oxygen atoms in total. The fourth-order valence-electron chi connectivity index (χ4n) is 4.03. The molecule has 22 heavy (non-hydrogen) atoms. The van der Waals surface area contributed by atoms with Gasteiger partial charge in [-0.1, -0.05) is 0 Å². The molecule has 0 aromatic rings. The van der Waals surface area contributed by atoms with Crippen molar-refractivity contribution in [3.63, 3.8) is 0 Å². The summed E-state index contributed by atoms with van der Waals surface area (Å²) in [6.45, 7) is 3.12. The maximum atomic E-state index is 12.4. The monoisotopic (exact) mass is 307 g/mol. The van der Waals surface area contributed by atoms with Gasteiger partial charge in [0.15, 0.2) is 0 Å². The van der Waals surface area contributed by atoms with Crippen molar-refractivity contribution in [2.45, 2.75) is 70.4 Å². The minimum Gasteiger partial charge on any atom is -0.343 e. The van der Waals surface area contributed by atoms with Crippen molar-refractivity contribution < 1.29 is 9.59 Å². The zero-order valence-corrected chi connectivity index (χ0v) is 13.9. The maximum Gasteiger partial charge on any atom is 0.317 e. The van der Waals surface area contributed by atoms with E-state index in [0.717, 1.165) is 38.8 Å². The second-order valence-electron chi connectivity index (χ2n) is 7.57. The highest BCUT2D eigenvalue weighted by Crippen LogP contribution is 2.56. The van der Waals surface area contributed by atoms with E-state index in [1.807, 2.05) is 16.8 Å². The van der Waals surface area contributed by atoms with Crippen LogP contribution < -0.4 is 5.32 Å². The van der Waals surface area contributed by atoms with Gasteiger partial charge in [-0.2, -0.15) is 0 Å². The van der Waals surface area contributed by atoms with Crippen molar-refractivity contribution in [1.82, 2.24) is 15.1 Å². The quantitative estimate of drug-likeness (QED) is 0.851. The van der Waals surface area contributed by atoms with Gasteiger partial charge in [0.25, 0.3) is 0 Å². The molecule has 0 unspecified atom stereocenters. The molecule has 5 heteroatoms. The first kappa shape index (κ1) is 15.6. The zero-order chi connectivity index (χ0) is 15.7. The number of nitrogens with zero attached hydrogens (tertiary/aromatic N) is 2. The second-order valence-corrected chi connectivity index (χ2v) is 7.57. The predicted octanol–water partition coefficient (Wildman–Crippen LogP) is 2.36. The first-order valence-corrected chi connectivity index (χ1v) is 8.78. The molecule has 2 aliphatic carbocycles. The average Bonchev–Trinajstić information content (AvgIpc) is 3.28. The van der Waals surface area contributed by atoms with Crippen LogP contribution in [0.5, 0.6) is 0 Å². The zero-order valence-electron chi connectivity index (χ0n) is 13.9. The van der Waals surface area contributed by atoms with Crippen molar-refractivity contribution in [2.75, 3.05) is 20.1 Å². The highest BCUT2D eigenvalue weighted by Gasteiger charge is 2.45. The number of carbonyl (C=O) groups excluding carboxylic acids is 2. The van der Waals surface area contributed by atoms with Crippen molar-refractivity contribution >= 4 is 11.9 Å². The summed E-state index contributed by atoms with van der Waals surface area (Å²) in [5, 5.41) is 3.23. The molecule has 1 aliphatic heterocycles. The van der Waals surface area contributed by atoms with Crippen molar-refractivity contribution in [3.8, 4) is 0 Å². The number of hydrogen-bond acceptors (Lipinski definition) is 2. The lowest BCUT2D eigenvalue weighted by Crippen LogP contribution is -2.51. The number of nitrogens with one attached hydrogen (secondary N) is 1. The van der Waals surface area contributed by atoms with Crippen molar-refractivity contribution in [2.24, 2.45) is 5.41 Å². The van der Waals surface area contributed by atoms with Crippen molar-refractivity contribution in [1.29, 1.82) is 0 Å². The molecule has 124 valence electrons. The van der Waals surface area contributed by atoms with Gasteiger partial charge in [0.2, 0.25) is 5.91 Å². The Balaban J connectivity index is 1.41. The molecule has 3 rings (SSSR count). The first-order valence-electron chi connectivity index (χ1n) is 8.78. The van der Waals surface area contributed by atoms with Crippen LogP contribution in [-0.4, -0.2) is 54.0 Å². The van der Waals surface area contributed by atoms with Gasteiger partial charge in [0, 0.05) is 39.1 Å². The first-order chi connectivity index (χ1) is 10.5. The predicted molar refractivity (Wildman–Crippen MR) is 85.5 cm³/mol. The van der Waals surface area contributed by atoms with E-state index in [2.05, 4.69) is 5.32 Å². The van der Waals surface area contributed by atoms with Gasteiger partial charge in [-0.3, -0.25) is 4.79 Å². The van der Waals surface area contributed by atoms with Crippen LogP contribution in [0.15, 0.2) is 0 Å². The molecule has 0 radical (unpaired) electrons. The lowest BCUT2D eigenvalue weighted by molar-refractivity contribution is -0.130. The minimum absolute atomic E-state index is 0.0978. The van der Waals surface area contributed by atoms with Crippen LogP contribution in [0.2, 0.25) is 0 Å². The molecule has 1 heterocycles. The molecule has 1 spiro atoms. The summed E-state index contributed by atoms with van der Waals surface area (Å²) in [6, 6.07) is 0.753. The van der Waals surface area contributed by atoms with Crippen LogP contribution in [0, 0.1) is 5.41 Å². The number of amides is 3. The van der Waals surface area contributed by atoms with Gasteiger partial charge in [0.1, 0.15) is 0 Å². The molecule has 3 aliphatic rings. The van der Waals surface area contributed by atoms with Crippen LogP contribution >= 0.6 is 0 Å². The lowest BCUT2D eigenvalue weighted by atomic mass is 9.83. The second kappa shape index (κ2) is 6.09. The van der Waals surface area contributed by atoms with Gasteiger partial charge in [-0.15, -0.1) is 0 Å². The number of piperidine rings is 1. The fraction of sp³-hybridized carbons (Fsp3) is 0.882. The topological polar surface area (TPSA) is 52.7 Å². The molecular formula is C17H29N3O2. The summed E-state index contributed by atoms with van der Waals surface area (Å²) in [6.07, 6.45) is 9.47. The van der Waals surface area contributed by atoms with Gasteiger partial charge in [0.05, 0.1) is 0 Å². The lowest BCUT2D eigenvalue weighted by Gasteiger charge is -2.37. The molecule has 1 saturated heterocycles. The molecular weight excluding hydrogens is 278 g/mol. The van der Waals surface area contributed by atoms with Crippen LogP contribution in [0.4, 0.5) is 4.79 Å². The third kappa shape index (κ3) is 3.39. The molecule has 1 N–H and O–H groups in total. The molecule has 3 amide bonds. The minimum atomic E-state index is 0.0978. The van der Waals surface area contributed by atoms with E-state index in [4.69, 9.17) is 0 Å². The smallest absolute Gasteiger partial charge is 0.317 e. The van der Waals surface area contributed by atoms with E-state index in [0.29, 0.717) is 11.5 Å². The summed E-state index contributed by atoms with van der Waals surface area (Å²) in [7, 11) is 1.86. The average molecular weight is 307 g/mol. The number of likely N-dealkylation sites (tertiary alicyclic amines) is 1. The summed E-state index contributed by atoms with van der Waals surface area (Å²) in [5.74, 6) is 0.110. The SMILES string of the molecule is CC(=O)N(C)C1CCN(C(=O)NC2CCC3(CC2)CC3)CC1. The van der Waals surface area contributed by atoms with E-state index < -0.39 is 0 Å². The maximum absolute atomic E-state index is 12.4. The Hall–Kier alpha value is -1.26. The van der Waals surface area contributed by atoms with E-state index in [-0.39, 0.29) is 18.0 Å². The summed E-state index contributed by atoms with van der Waals surface area (Å²) >= 11 is 0. The Kier molecular flexibility index (Phi) is 4.33. The Labute approximate surface area is 133 Å². The number of carbonyl (C=O) groups is 2. The third-order valence-electron chi connectivity index (χ3n) is 6.13.